The van der Waals surface area contributed by atoms with E-state index in [1.807, 2.05) is 30.3 Å². The zero-order valence-electron chi connectivity index (χ0n) is 24.6. The van der Waals surface area contributed by atoms with E-state index >= 15 is 0 Å². The average molecular weight is 643 g/mol. The Bertz CT molecular complexity index is 2190. The SMILES string of the molecule is Cc1cc(-c2cc(F)c(=O)n(Cc3ccc4ocnc4c3)c2)nc(S(=O)(=O)CCC(OCc2ccccc2F)c2ccccc2)n1. The Hall–Kier alpha value is -5.07. The molecule has 0 aliphatic rings. The number of oxazole rings is 1. The van der Waals surface area contributed by atoms with E-state index in [2.05, 4.69) is 15.0 Å². The second kappa shape index (κ2) is 13.1. The number of benzene rings is 3. The lowest BCUT2D eigenvalue weighted by Crippen LogP contribution is -2.23. The molecule has 0 aliphatic heterocycles. The minimum Gasteiger partial charge on any atom is -0.443 e. The van der Waals surface area contributed by atoms with Gasteiger partial charge in [0, 0.05) is 23.0 Å². The number of halogens is 2. The number of fused-ring (bicyclic) bond motifs is 1. The molecule has 3 aromatic carbocycles. The fourth-order valence-corrected chi connectivity index (χ4v) is 6.28. The fraction of sp³-hybridized carbons (Fsp3) is 0.176. The van der Waals surface area contributed by atoms with E-state index in [0.29, 0.717) is 27.9 Å². The summed E-state index contributed by atoms with van der Waals surface area (Å²) in [5, 5.41) is -0.432. The van der Waals surface area contributed by atoms with Gasteiger partial charge in [-0.1, -0.05) is 54.6 Å². The number of nitrogens with zero attached hydrogens (tertiary/aromatic N) is 4. The molecule has 0 fully saturated rings. The molecular weight excluding hydrogens is 614 g/mol. The van der Waals surface area contributed by atoms with Gasteiger partial charge in [0.2, 0.25) is 15.0 Å². The Kier molecular flexibility index (Phi) is 8.82. The van der Waals surface area contributed by atoms with Crippen molar-refractivity contribution in [3.05, 3.63) is 142 Å². The van der Waals surface area contributed by atoms with Crippen molar-refractivity contribution in [1.82, 2.24) is 19.5 Å². The summed E-state index contributed by atoms with van der Waals surface area (Å²) in [6, 6.07) is 23.0. The van der Waals surface area contributed by atoms with Gasteiger partial charge < -0.3 is 13.7 Å². The molecule has 6 rings (SSSR count). The lowest BCUT2D eigenvalue weighted by Gasteiger charge is -2.19. The molecule has 0 saturated carbocycles. The molecule has 0 radical (unpaired) electrons. The van der Waals surface area contributed by atoms with Crippen LogP contribution in [0.15, 0.2) is 112 Å². The van der Waals surface area contributed by atoms with E-state index in [9.17, 15) is 22.0 Å². The summed E-state index contributed by atoms with van der Waals surface area (Å²) in [6.07, 6.45) is 2.13. The monoisotopic (exact) mass is 642 g/mol. The topological polar surface area (TPSA) is 117 Å². The highest BCUT2D eigenvalue weighted by Crippen LogP contribution is 2.26. The predicted octanol–water partition coefficient (Wildman–Crippen LogP) is 6.20. The van der Waals surface area contributed by atoms with Crippen LogP contribution in [0.2, 0.25) is 0 Å². The summed E-state index contributed by atoms with van der Waals surface area (Å²) < 4.78 is 68.7. The first kappa shape index (κ1) is 30.9. The fourth-order valence-electron chi connectivity index (χ4n) is 5.06. The Labute approximate surface area is 263 Å². The molecule has 0 N–H and O–H groups in total. The molecule has 0 saturated heterocycles. The van der Waals surface area contributed by atoms with Gasteiger partial charge in [-0.3, -0.25) is 4.79 Å². The summed E-state index contributed by atoms with van der Waals surface area (Å²) in [6.45, 7) is 1.59. The van der Waals surface area contributed by atoms with Crippen molar-refractivity contribution in [2.45, 2.75) is 37.8 Å². The van der Waals surface area contributed by atoms with E-state index in [1.165, 1.54) is 29.3 Å². The van der Waals surface area contributed by atoms with Gasteiger partial charge in [0.25, 0.3) is 5.56 Å². The zero-order valence-corrected chi connectivity index (χ0v) is 25.5. The molecule has 6 aromatic rings. The van der Waals surface area contributed by atoms with Gasteiger partial charge in [0.1, 0.15) is 11.3 Å². The van der Waals surface area contributed by atoms with Crippen LogP contribution in [0.1, 0.15) is 34.9 Å². The summed E-state index contributed by atoms with van der Waals surface area (Å²) in [7, 11) is -4.05. The molecule has 0 spiro atoms. The molecule has 1 unspecified atom stereocenters. The van der Waals surface area contributed by atoms with Crippen molar-refractivity contribution in [3.8, 4) is 11.3 Å². The normalized spacial score (nSPS) is 12.4. The first-order chi connectivity index (χ1) is 22.2. The van der Waals surface area contributed by atoms with Crippen molar-refractivity contribution in [2.75, 3.05) is 5.75 Å². The van der Waals surface area contributed by atoms with Crippen molar-refractivity contribution < 1.29 is 26.4 Å². The van der Waals surface area contributed by atoms with Gasteiger partial charge in [-0.15, -0.1) is 0 Å². The summed E-state index contributed by atoms with van der Waals surface area (Å²) in [4.78, 5) is 25.3. The van der Waals surface area contributed by atoms with E-state index < -0.39 is 38.3 Å². The van der Waals surface area contributed by atoms with Crippen LogP contribution in [0.3, 0.4) is 0 Å². The molecule has 3 aromatic heterocycles. The molecule has 9 nitrogen and oxygen atoms in total. The molecule has 0 bridgehead atoms. The summed E-state index contributed by atoms with van der Waals surface area (Å²) in [5.41, 5.74) is 2.79. The molecule has 0 aliphatic carbocycles. The van der Waals surface area contributed by atoms with Crippen LogP contribution < -0.4 is 5.56 Å². The van der Waals surface area contributed by atoms with Gasteiger partial charge in [0.15, 0.2) is 17.8 Å². The Balaban J connectivity index is 1.25. The van der Waals surface area contributed by atoms with E-state index in [0.717, 1.165) is 11.6 Å². The molecular formula is C34H28F2N4O5S. The van der Waals surface area contributed by atoms with Crippen molar-refractivity contribution in [3.63, 3.8) is 0 Å². The van der Waals surface area contributed by atoms with E-state index in [-0.39, 0.29) is 36.6 Å². The molecule has 1 atom stereocenters. The van der Waals surface area contributed by atoms with Crippen LogP contribution in [-0.2, 0) is 27.7 Å². The number of hydrogen-bond acceptors (Lipinski definition) is 8. The highest BCUT2D eigenvalue weighted by molar-refractivity contribution is 7.91. The minimum absolute atomic E-state index is 0.0371. The largest absolute Gasteiger partial charge is 0.443 e. The van der Waals surface area contributed by atoms with Crippen LogP contribution in [0, 0.1) is 18.6 Å². The van der Waals surface area contributed by atoms with Crippen molar-refractivity contribution in [1.29, 1.82) is 0 Å². The Morgan fingerprint density at radius 2 is 1.72 bits per heavy atom. The third-order valence-electron chi connectivity index (χ3n) is 7.42. The highest BCUT2D eigenvalue weighted by Gasteiger charge is 2.24. The molecule has 0 amide bonds. The van der Waals surface area contributed by atoms with Gasteiger partial charge >= 0.3 is 0 Å². The van der Waals surface area contributed by atoms with Crippen molar-refractivity contribution in [2.24, 2.45) is 0 Å². The van der Waals surface area contributed by atoms with Crippen LogP contribution in [0.4, 0.5) is 8.78 Å². The number of aromatic nitrogens is 4. The Morgan fingerprint density at radius 3 is 2.52 bits per heavy atom. The molecule has 46 heavy (non-hydrogen) atoms. The van der Waals surface area contributed by atoms with Gasteiger partial charge in [-0.2, -0.15) is 0 Å². The second-order valence-electron chi connectivity index (χ2n) is 10.8. The van der Waals surface area contributed by atoms with Crippen LogP contribution in [0.25, 0.3) is 22.4 Å². The van der Waals surface area contributed by atoms with Gasteiger partial charge in [-0.25, -0.2) is 32.2 Å². The third kappa shape index (κ3) is 6.93. The van der Waals surface area contributed by atoms with Crippen LogP contribution in [-0.4, -0.2) is 33.7 Å². The summed E-state index contributed by atoms with van der Waals surface area (Å²) in [5.74, 6) is -1.80. The second-order valence-corrected chi connectivity index (χ2v) is 12.8. The van der Waals surface area contributed by atoms with E-state index in [4.69, 9.17) is 9.15 Å². The number of rotatable bonds is 11. The lowest BCUT2D eigenvalue weighted by molar-refractivity contribution is 0.0361. The number of ether oxygens (including phenoxy) is 1. The first-order valence-corrected chi connectivity index (χ1v) is 16.0. The summed E-state index contributed by atoms with van der Waals surface area (Å²) >= 11 is 0. The highest BCUT2D eigenvalue weighted by atomic mass is 32.2. The first-order valence-electron chi connectivity index (χ1n) is 14.4. The number of hydrogen-bond donors (Lipinski definition) is 0. The maximum atomic E-state index is 14.9. The minimum atomic E-state index is -4.05. The maximum absolute atomic E-state index is 14.9. The van der Waals surface area contributed by atoms with Gasteiger partial charge in [-0.05, 0) is 54.8 Å². The van der Waals surface area contributed by atoms with Crippen molar-refractivity contribution >= 4 is 20.9 Å². The predicted molar refractivity (Wildman–Crippen MR) is 167 cm³/mol. The lowest BCUT2D eigenvalue weighted by atomic mass is 10.1. The quantitative estimate of drug-likeness (QED) is 0.153. The average Bonchev–Trinajstić information content (AvgIpc) is 3.52. The van der Waals surface area contributed by atoms with Gasteiger partial charge in [0.05, 0.1) is 30.7 Å². The smallest absolute Gasteiger partial charge is 0.286 e. The van der Waals surface area contributed by atoms with E-state index in [1.54, 1.807) is 43.3 Å². The van der Waals surface area contributed by atoms with Crippen LogP contribution in [0.5, 0.6) is 0 Å². The maximum Gasteiger partial charge on any atom is 0.286 e. The molecule has 12 heteroatoms. The number of aryl methyl sites for hydroxylation is 1. The zero-order chi connectivity index (χ0) is 32.3. The number of sulfone groups is 1. The standard InChI is InChI=1S/C34H28F2N4O5S/c1-22-15-29(26-17-28(36)33(41)40(19-26)18-23-11-12-32-30(16-23)37-21-45-32)39-34(38-22)46(42,43)14-13-31(24-7-3-2-4-8-24)44-20-25-9-5-6-10-27(25)35/h2-12,15-17,19,21,31H,13-14,18,20H2,1H3. The number of pyridine rings is 1. The molecule has 234 valence electrons. The molecule has 3 heterocycles. The Morgan fingerprint density at radius 1 is 0.935 bits per heavy atom. The van der Waals surface area contributed by atoms with Crippen LogP contribution >= 0.6 is 0 Å². The third-order valence-corrected chi connectivity index (χ3v) is 8.93.